The number of amides is 3. The standard InChI is InChI=1S/C30H49N3O7/c1-8-20(2)26(32(5)19-34)24(39-6)17-25(35)33-16-12-13-23(33)27(40-7)21(3)28(36)31-22(29(37)38)18-30(4)14-10-9-11-15-30/h9-11,14,19-24,26-27H,8,12-13,15-18H2,1-7H3,(H,31,36)(H,37,38). The van der Waals surface area contributed by atoms with Crippen LogP contribution in [0.3, 0.4) is 0 Å². The van der Waals surface area contributed by atoms with E-state index in [0.717, 1.165) is 19.3 Å². The second kappa shape index (κ2) is 15.3. The van der Waals surface area contributed by atoms with E-state index >= 15 is 0 Å². The molecule has 0 radical (unpaired) electrons. The summed E-state index contributed by atoms with van der Waals surface area (Å²) in [5, 5.41) is 12.6. The van der Waals surface area contributed by atoms with Gasteiger partial charge in [0.1, 0.15) is 6.04 Å². The number of methoxy groups -OCH3 is 2. The van der Waals surface area contributed by atoms with Gasteiger partial charge < -0.3 is 29.7 Å². The fraction of sp³-hybridized carbons (Fsp3) is 0.733. The normalized spacial score (nSPS) is 25.0. The molecule has 0 bridgehead atoms. The SMILES string of the molecule is CCC(C)C(C(CC(=O)N1CCCC1C(OC)C(C)C(=O)NC(CC1(C)C=CC=CC1)C(=O)O)OC)N(C)C=O. The largest absolute Gasteiger partial charge is 0.480 e. The number of likely N-dealkylation sites (tertiary alicyclic amines) is 1. The van der Waals surface area contributed by atoms with Crippen molar-refractivity contribution in [2.75, 3.05) is 27.8 Å². The Balaban J connectivity index is 2.15. The van der Waals surface area contributed by atoms with Crippen LogP contribution < -0.4 is 5.32 Å². The van der Waals surface area contributed by atoms with Gasteiger partial charge in [-0.25, -0.2) is 4.79 Å². The summed E-state index contributed by atoms with van der Waals surface area (Å²) < 4.78 is 11.5. The third-order valence-electron chi connectivity index (χ3n) is 8.72. The summed E-state index contributed by atoms with van der Waals surface area (Å²) in [6, 6.07) is -1.65. The second-order valence-electron chi connectivity index (χ2n) is 11.7. The van der Waals surface area contributed by atoms with Crippen LogP contribution in [0.5, 0.6) is 0 Å². The molecule has 2 rings (SSSR count). The summed E-state index contributed by atoms with van der Waals surface area (Å²) in [5.74, 6) is -2.19. The Bertz CT molecular complexity index is 938. The van der Waals surface area contributed by atoms with Gasteiger partial charge in [-0.1, -0.05) is 58.4 Å². The van der Waals surface area contributed by atoms with E-state index in [1.165, 1.54) is 7.11 Å². The van der Waals surface area contributed by atoms with Crippen molar-refractivity contribution >= 4 is 24.2 Å². The van der Waals surface area contributed by atoms with Gasteiger partial charge in [-0.3, -0.25) is 14.4 Å². The molecule has 1 heterocycles. The molecule has 1 aliphatic heterocycles. The highest BCUT2D eigenvalue weighted by Crippen LogP contribution is 2.33. The molecule has 1 fully saturated rings. The minimum absolute atomic E-state index is 0.0961. The molecule has 0 aromatic rings. The molecule has 0 spiro atoms. The number of carbonyl (C=O) groups is 4. The fourth-order valence-corrected chi connectivity index (χ4v) is 6.15. The van der Waals surface area contributed by atoms with Crippen LogP contribution in [-0.2, 0) is 28.7 Å². The lowest BCUT2D eigenvalue weighted by molar-refractivity contribution is -0.146. The number of nitrogens with zero attached hydrogens (tertiary/aromatic N) is 2. The Hall–Kier alpha value is -2.72. The average Bonchev–Trinajstić information content (AvgIpc) is 3.42. The second-order valence-corrected chi connectivity index (χ2v) is 11.7. The number of allylic oxidation sites excluding steroid dienone is 4. The number of likely N-dealkylation sites (N-methyl/N-ethyl adjacent to an activating group) is 1. The van der Waals surface area contributed by atoms with Crippen molar-refractivity contribution in [1.29, 1.82) is 0 Å². The van der Waals surface area contributed by atoms with Gasteiger partial charge in [-0.15, -0.1) is 0 Å². The summed E-state index contributed by atoms with van der Waals surface area (Å²) in [4.78, 5) is 53.9. The first-order chi connectivity index (χ1) is 18.9. The maximum Gasteiger partial charge on any atom is 0.326 e. The highest BCUT2D eigenvalue weighted by molar-refractivity contribution is 5.85. The van der Waals surface area contributed by atoms with Crippen molar-refractivity contribution in [3.8, 4) is 0 Å². The van der Waals surface area contributed by atoms with Gasteiger partial charge in [-0.2, -0.15) is 0 Å². The van der Waals surface area contributed by atoms with Crippen molar-refractivity contribution < 1.29 is 33.8 Å². The number of carbonyl (C=O) groups excluding carboxylic acids is 3. The van der Waals surface area contributed by atoms with Crippen molar-refractivity contribution in [3.63, 3.8) is 0 Å². The van der Waals surface area contributed by atoms with Crippen molar-refractivity contribution in [2.45, 2.75) is 96.6 Å². The Labute approximate surface area is 239 Å². The number of rotatable bonds is 16. The maximum absolute atomic E-state index is 13.6. The van der Waals surface area contributed by atoms with Gasteiger partial charge in [0.2, 0.25) is 18.2 Å². The lowest BCUT2D eigenvalue weighted by Crippen LogP contribution is -2.53. The fourth-order valence-electron chi connectivity index (χ4n) is 6.15. The van der Waals surface area contributed by atoms with Gasteiger partial charge >= 0.3 is 5.97 Å². The van der Waals surface area contributed by atoms with Crippen LogP contribution in [0, 0.1) is 17.3 Å². The zero-order chi connectivity index (χ0) is 30.0. The molecule has 2 N–H and O–H groups in total. The molecule has 2 aliphatic rings. The summed E-state index contributed by atoms with van der Waals surface area (Å²) in [6.07, 6.45) is 10.8. The van der Waals surface area contributed by atoms with Crippen LogP contribution in [0.2, 0.25) is 0 Å². The molecule has 40 heavy (non-hydrogen) atoms. The predicted molar refractivity (Wildman–Crippen MR) is 152 cm³/mol. The van der Waals surface area contributed by atoms with Crippen LogP contribution in [-0.4, -0.2) is 97.2 Å². The Morgan fingerprint density at radius 3 is 2.45 bits per heavy atom. The number of hydrogen-bond acceptors (Lipinski definition) is 6. The number of aliphatic carboxylic acids is 1. The molecule has 0 saturated carbocycles. The summed E-state index contributed by atoms with van der Waals surface area (Å²) >= 11 is 0. The topological polar surface area (TPSA) is 125 Å². The summed E-state index contributed by atoms with van der Waals surface area (Å²) in [6.45, 7) is 8.29. The number of ether oxygens (including phenoxy) is 2. The third kappa shape index (κ3) is 8.39. The molecule has 226 valence electrons. The molecule has 0 aromatic carbocycles. The molecular weight excluding hydrogens is 514 g/mol. The highest BCUT2D eigenvalue weighted by Gasteiger charge is 2.42. The van der Waals surface area contributed by atoms with E-state index < -0.39 is 36.0 Å². The molecule has 10 nitrogen and oxygen atoms in total. The molecule has 3 amide bonds. The summed E-state index contributed by atoms with van der Waals surface area (Å²) in [7, 11) is 4.77. The number of hydrogen-bond donors (Lipinski definition) is 2. The highest BCUT2D eigenvalue weighted by atomic mass is 16.5. The molecule has 1 aliphatic carbocycles. The molecular formula is C30H49N3O7. The van der Waals surface area contributed by atoms with Gasteiger partial charge in [0.15, 0.2) is 0 Å². The van der Waals surface area contributed by atoms with Crippen molar-refractivity contribution in [1.82, 2.24) is 15.1 Å². The summed E-state index contributed by atoms with van der Waals surface area (Å²) in [5.41, 5.74) is -0.368. The van der Waals surface area contributed by atoms with Gasteiger partial charge in [0.05, 0.1) is 36.6 Å². The van der Waals surface area contributed by atoms with E-state index in [9.17, 15) is 24.3 Å². The molecule has 10 heteroatoms. The van der Waals surface area contributed by atoms with Crippen LogP contribution in [0.15, 0.2) is 24.3 Å². The molecule has 1 saturated heterocycles. The first kappa shape index (κ1) is 33.5. The Morgan fingerprint density at radius 1 is 1.23 bits per heavy atom. The monoisotopic (exact) mass is 563 g/mol. The molecule has 8 unspecified atom stereocenters. The number of nitrogens with one attached hydrogen (secondary N) is 1. The zero-order valence-corrected chi connectivity index (χ0v) is 25.2. The first-order valence-corrected chi connectivity index (χ1v) is 14.3. The maximum atomic E-state index is 13.6. The molecule has 8 atom stereocenters. The lowest BCUT2D eigenvalue weighted by atomic mass is 9.78. The average molecular weight is 564 g/mol. The van der Waals surface area contributed by atoms with Crippen LogP contribution in [0.25, 0.3) is 0 Å². The van der Waals surface area contributed by atoms with Crippen LogP contribution >= 0.6 is 0 Å². The van der Waals surface area contributed by atoms with E-state index in [0.29, 0.717) is 19.4 Å². The van der Waals surface area contributed by atoms with Crippen LogP contribution in [0.1, 0.15) is 66.2 Å². The van der Waals surface area contributed by atoms with E-state index in [4.69, 9.17) is 9.47 Å². The predicted octanol–water partition coefficient (Wildman–Crippen LogP) is 3.02. The smallest absolute Gasteiger partial charge is 0.326 e. The Morgan fingerprint density at radius 2 is 1.93 bits per heavy atom. The van der Waals surface area contributed by atoms with Crippen molar-refractivity contribution in [2.24, 2.45) is 17.3 Å². The zero-order valence-electron chi connectivity index (χ0n) is 25.2. The quantitative estimate of drug-likeness (QED) is 0.277. The van der Waals surface area contributed by atoms with E-state index in [2.05, 4.69) is 5.32 Å². The van der Waals surface area contributed by atoms with Gasteiger partial charge in [0.25, 0.3) is 0 Å². The third-order valence-corrected chi connectivity index (χ3v) is 8.72. The van der Waals surface area contributed by atoms with Gasteiger partial charge in [-0.05, 0) is 37.0 Å². The van der Waals surface area contributed by atoms with E-state index in [-0.39, 0.29) is 42.2 Å². The first-order valence-electron chi connectivity index (χ1n) is 14.3. The minimum atomic E-state index is -1.09. The van der Waals surface area contributed by atoms with Gasteiger partial charge in [0, 0.05) is 27.8 Å². The molecule has 0 aromatic heterocycles. The number of carboxylic acids is 1. The lowest BCUT2D eigenvalue weighted by Gasteiger charge is -2.38. The van der Waals surface area contributed by atoms with E-state index in [1.54, 1.807) is 30.9 Å². The van der Waals surface area contributed by atoms with Crippen LogP contribution in [0.4, 0.5) is 0 Å². The van der Waals surface area contributed by atoms with E-state index in [1.807, 2.05) is 45.1 Å². The Kier molecular flexibility index (Phi) is 12.8. The number of carboxylic acid groups (broad SMARTS) is 1. The van der Waals surface area contributed by atoms with Crippen molar-refractivity contribution in [3.05, 3.63) is 24.3 Å². The minimum Gasteiger partial charge on any atom is -0.480 e.